The summed E-state index contributed by atoms with van der Waals surface area (Å²) in [6.07, 6.45) is 3.95. The third kappa shape index (κ3) is 6.41. The second kappa shape index (κ2) is 10.7. The Morgan fingerprint density at radius 2 is 1.81 bits per heavy atom. The molecule has 0 saturated carbocycles. The number of nitrogens with one attached hydrogen (secondary N) is 2. The summed E-state index contributed by atoms with van der Waals surface area (Å²) in [6.45, 7) is 2.25. The normalized spacial score (nSPS) is 10.4. The maximum Gasteiger partial charge on any atom is 0.254 e. The lowest BCUT2D eigenvalue weighted by atomic mass is 10.1. The molecule has 1 aromatic heterocycles. The number of benzene rings is 2. The molecule has 0 aliphatic rings. The number of nitrogens with zero attached hydrogens (tertiary/aromatic N) is 3. The molecule has 31 heavy (non-hydrogen) atoms. The van der Waals surface area contributed by atoms with Gasteiger partial charge in [-0.3, -0.25) is 9.59 Å². The van der Waals surface area contributed by atoms with Gasteiger partial charge in [-0.25, -0.2) is 9.97 Å². The van der Waals surface area contributed by atoms with Crippen LogP contribution in [0.2, 0.25) is 10.0 Å². The minimum Gasteiger partial charge on any atom is -0.329 e. The summed E-state index contributed by atoms with van der Waals surface area (Å²) in [5, 5.41) is 6.59. The molecule has 7 nitrogen and oxygen atoms in total. The first-order valence-electron chi connectivity index (χ1n) is 9.64. The third-order valence-corrected chi connectivity index (χ3v) is 4.81. The quantitative estimate of drug-likeness (QED) is 0.495. The molecule has 0 radical (unpaired) electrons. The van der Waals surface area contributed by atoms with Crippen LogP contribution < -0.4 is 10.6 Å². The van der Waals surface area contributed by atoms with E-state index in [1.54, 1.807) is 54.9 Å². The van der Waals surface area contributed by atoms with Crippen molar-refractivity contribution in [2.75, 3.05) is 23.7 Å². The zero-order valence-electron chi connectivity index (χ0n) is 16.8. The third-order valence-electron chi connectivity index (χ3n) is 4.25. The minimum atomic E-state index is -0.363. The number of anilines is 3. The molecule has 160 valence electrons. The van der Waals surface area contributed by atoms with E-state index in [-0.39, 0.29) is 18.4 Å². The molecular formula is C22H21Cl2N5O2. The van der Waals surface area contributed by atoms with E-state index < -0.39 is 0 Å². The highest BCUT2D eigenvalue weighted by Crippen LogP contribution is 2.25. The van der Waals surface area contributed by atoms with Gasteiger partial charge in [0.25, 0.3) is 5.91 Å². The Kier molecular flexibility index (Phi) is 7.81. The lowest BCUT2D eigenvalue weighted by Crippen LogP contribution is -2.38. The zero-order chi connectivity index (χ0) is 22.2. The number of hydrogen-bond donors (Lipinski definition) is 2. The summed E-state index contributed by atoms with van der Waals surface area (Å²) < 4.78 is 0. The molecule has 2 amide bonds. The van der Waals surface area contributed by atoms with Crippen molar-refractivity contribution in [3.63, 3.8) is 0 Å². The number of aromatic nitrogens is 2. The van der Waals surface area contributed by atoms with Crippen molar-refractivity contribution in [2.24, 2.45) is 0 Å². The molecule has 0 bridgehead atoms. The number of hydrogen-bond acceptors (Lipinski definition) is 5. The molecule has 2 aromatic carbocycles. The van der Waals surface area contributed by atoms with E-state index in [0.717, 1.165) is 0 Å². The summed E-state index contributed by atoms with van der Waals surface area (Å²) >= 11 is 12.1. The van der Waals surface area contributed by atoms with Crippen LogP contribution in [0.25, 0.3) is 0 Å². The first kappa shape index (κ1) is 22.5. The molecule has 0 saturated heterocycles. The van der Waals surface area contributed by atoms with Crippen molar-refractivity contribution in [1.29, 1.82) is 0 Å². The monoisotopic (exact) mass is 457 g/mol. The van der Waals surface area contributed by atoms with Gasteiger partial charge in [0, 0.05) is 35.2 Å². The fourth-order valence-electron chi connectivity index (χ4n) is 2.88. The standard InChI is InChI=1S/C22H21Cl2N5O2/c1-2-11-29(14-20(30)28-19-13-16(23)7-8-18(19)24)21(31)15-5-3-6-17(12-15)27-22-25-9-4-10-26-22/h3-10,12-13H,2,11,14H2,1H3,(H,28,30)(H,25,26,27). The molecule has 2 N–H and O–H groups in total. The second-order valence-corrected chi connectivity index (χ2v) is 7.52. The van der Waals surface area contributed by atoms with Crippen LogP contribution in [0.1, 0.15) is 23.7 Å². The van der Waals surface area contributed by atoms with Gasteiger partial charge < -0.3 is 15.5 Å². The van der Waals surface area contributed by atoms with Crippen LogP contribution in [0, 0.1) is 0 Å². The Bertz CT molecular complexity index is 1060. The molecule has 0 aliphatic carbocycles. The van der Waals surface area contributed by atoms with Crippen LogP contribution in [-0.2, 0) is 4.79 Å². The van der Waals surface area contributed by atoms with Gasteiger partial charge in [0.05, 0.1) is 10.7 Å². The lowest BCUT2D eigenvalue weighted by Gasteiger charge is -2.22. The molecule has 0 fully saturated rings. The predicted octanol–water partition coefficient (Wildman–Crippen LogP) is 5.02. The van der Waals surface area contributed by atoms with Crippen molar-refractivity contribution in [3.8, 4) is 0 Å². The molecule has 9 heteroatoms. The van der Waals surface area contributed by atoms with E-state index >= 15 is 0 Å². The number of rotatable bonds is 8. The average molecular weight is 458 g/mol. The lowest BCUT2D eigenvalue weighted by molar-refractivity contribution is -0.116. The van der Waals surface area contributed by atoms with Gasteiger partial charge in [0.15, 0.2) is 0 Å². The van der Waals surface area contributed by atoms with E-state index in [0.29, 0.717) is 45.9 Å². The van der Waals surface area contributed by atoms with E-state index in [1.807, 2.05) is 13.0 Å². The van der Waals surface area contributed by atoms with Gasteiger partial charge in [0.1, 0.15) is 6.54 Å². The molecule has 0 unspecified atom stereocenters. The molecular weight excluding hydrogens is 437 g/mol. The van der Waals surface area contributed by atoms with E-state index in [2.05, 4.69) is 20.6 Å². The van der Waals surface area contributed by atoms with Crippen molar-refractivity contribution < 1.29 is 9.59 Å². The fourth-order valence-corrected chi connectivity index (χ4v) is 3.22. The topological polar surface area (TPSA) is 87.2 Å². The first-order chi connectivity index (χ1) is 15.0. The molecule has 0 atom stereocenters. The highest BCUT2D eigenvalue weighted by molar-refractivity contribution is 6.35. The van der Waals surface area contributed by atoms with Crippen molar-refractivity contribution in [3.05, 3.63) is 76.5 Å². The van der Waals surface area contributed by atoms with Crippen LogP contribution in [0.5, 0.6) is 0 Å². The van der Waals surface area contributed by atoms with Crippen LogP contribution >= 0.6 is 23.2 Å². The summed E-state index contributed by atoms with van der Waals surface area (Å²) in [7, 11) is 0. The van der Waals surface area contributed by atoms with Crippen LogP contribution in [0.4, 0.5) is 17.3 Å². The van der Waals surface area contributed by atoms with E-state index in [1.165, 1.54) is 4.90 Å². The largest absolute Gasteiger partial charge is 0.329 e. The van der Waals surface area contributed by atoms with E-state index in [4.69, 9.17) is 23.2 Å². The fraction of sp³-hybridized carbons (Fsp3) is 0.182. The van der Waals surface area contributed by atoms with Crippen LogP contribution in [0.3, 0.4) is 0 Å². The molecule has 3 rings (SSSR count). The van der Waals surface area contributed by atoms with Crippen molar-refractivity contribution >= 4 is 52.3 Å². The number of carbonyl (C=O) groups excluding carboxylic acids is 2. The average Bonchev–Trinajstić information content (AvgIpc) is 2.76. The minimum absolute atomic E-state index is 0.116. The SMILES string of the molecule is CCCN(CC(=O)Nc1cc(Cl)ccc1Cl)C(=O)c1cccc(Nc2ncccn2)c1. The van der Waals surface area contributed by atoms with Gasteiger partial charge in [-0.1, -0.05) is 36.2 Å². The highest BCUT2D eigenvalue weighted by Gasteiger charge is 2.19. The van der Waals surface area contributed by atoms with Gasteiger partial charge >= 0.3 is 0 Å². The van der Waals surface area contributed by atoms with Crippen LogP contribution in [0.15, 0.2) is 60.9 Å². The Morgan fingerprint density at radius 1 is 1.03 bits per heavy atom. The van der Waals surface area contributed by atoms with Gasteiger partial charge in [-0.05, 0) is 48.9 Å². The number of amides is 2. The zero-order valence-corrected chi connectivity index (χ0v) is 18.3. The van der Waals surface area contributed by atoms with Gasteiger partial charge in [-0.2, -0.15) is 0 Å². The van der Waals surface area contributed by atoms with E-state index in [9.17, 15) is 9.59 Å². The van der Waals surface area contributed by atoms with Gasteiger partial charge in [0.2, 0.25) is 11.9 Å². The molecule has 0 aliphatic heterocycles. The molecule has 1 heterocycles. The van der Waals surface area contributed by atoms with Crippen LogP contribution in [-0.4, -0.2) is 39.8 Å². The Labute approximate surface area is 190 Å². The Morgan fingerprint density at radius 3 is 2.55 bits per heavy atom. The maximum atomic E-state index is 13.1. The Balaban J connectivity index is 1.72. The summed E-state index contributed by atoms with van der Waals surface area (Å²) in [6, 6.07) is 13.5. The van der Waals surface area contributed by atoms with Crippen molar-refractivity contribution in [1.82, 2.24) is 14.9 Å². The summed E-state index contributed by atoms with van der Waals surface area (Å²) in [5.41, 5.74) is 1.52. The Hall–Kier alpha value is -3.16. The number of carbonyl (C=O) groups is 2. The smallest absolute Gasteiger partial charge is 0.254 e. The molecule has 0 spiro atoms. The highest BCUT2D eigenvalue weighted by atomic mass is 35.5. The molecule has 3 aromatic rings. The van der Waals surface area contributed by atoms with Gasteiger partial charge in [-0.15, -0.1) is 0 Å². The first-order valence-corrected chi connectivity index (χ1v) is 10.4. The van der Waals surface area contributed by atoms with Crippen molar-refractivity contribution in [2.45, 2.75) is 13.3 Å². The maximum absolute atomic E-state index is 13.1. The second-order valence-electron chi connectivity index (χ2n) is 6.68. The predicted molar refractivity (Wildman–Crippen MR) is 123 cm³/mol. The summed E-state index contributed by atoms with van der Waals surface area (Å²) in [4.78, 5) is 35.4. The number of halogens is 2. The summed E-state index contributed by atoms with van der Waals surface area (Å²) in [5.74, 6) is -0.194.